The number of amides is 1. The molecule has 0 saturated carbocycles. The minimum absolute atomic E-state index is 0.0853. The van der Waals surface area contributed by atoms with Gasteiger partial charge in [-0.2, -0.15) is 4.31 Å². The number of nitro benzene ring substituents is 1. The number of carbonyl (C=O) groups excluding carboxylic acids is 1. The average Bonchev–Trinajstić information content (AvgIpc) is 2.69. The number of hydrogen-bond donors (Lipinski definition) is 1. The Labute approximate surface area is 175 Å². The predicted octanol–water partition coefficient (Wildman–Crippen LogP) is 2.23. The van der Waals surface area contributed by atoms with Crippen LogP contribution in [0.4, 0.5) is 11.4 Å². The van der Waals surface area contributed by atoms with Gasteiger partial charge in [-0.25, -0.2) is 8.42 Å². The molecule has 1 aliphatic rings. The van der Waals surface area contributed by atoms with E-state index in [4.69, 9.17) is 0 Å². The van der Waals surface area contributed by atoms with Gasteiger partial charge in [0.2, 0.25) is 10.0 Å². The first-order valence-corrected chi connectivity index (χ1v) is 11.3. The van der Waals surface area contributed by atoms with Gasteiger partial charge in [-0.3, -0.25) is 19.8 Å². The van der Waals surface area contributed by atoms with Crippen LogP contribution < -0.4 is 5.32 Å². The molecule has 0 unspecified atom stereocenters. The summed E-state index contributed by atoms with van der Waals surface area (Å²) in [5, 5.41) is 13.7. The second kappa shape index (κ2) is 8.90. The molecule has 30 heavy (non-hydrogen) atoms. The van der Waals surface area contributed by atoms with Crippen molar-refractivity contribution in [2.45, 2.75) is 13.5 Å². The van der Waals surface area contributed by atoms with Crippen LogP contribution in [-0.2, 0) is 16.6 Å². The molecule has 0 spiro atoms. The number of non-ortho nitro benzene ring substituents is 1. The van der Waals surface area contributed by atoms with Gasteiger partial charge in [-0.15, -0.1) is 0 Å². The first-order valence-electron chi connectivity index (χ1n) is 9.46. The summed E-state index contributed by atoms with van der Waals surface area (Å²) in [7, 11) is -3.17. The summed E-state index contributed by atoms with van der Waals surface area (Å²) in [6.07, 6.45) is 1.22. The number of sulfonamides is 1. The number of anilines is 1. The third-order valence-electron chi connectivity index (χ3n) is 5.08. The van der Waals surface area contributed by atoms with Crippen LogP contribution in [0.1, 0.15) is 21.5 Å². The van der Waals surface area contributed by atoms with Crippen molar-refractivity contribution in [3.05, 3.63) is 69.3 Å². The van der Waals surface area contributed by atoms with Crippen LogP contribution in [-0.4, -0.2) is 60.9 Å². The Bertz CT molecular complexity index is 1060. The zero-order chi connectivity index (χ0) is 21.9. The highest BCUT2D eigenvalue weighted by molar-refractivity contribution is 7.88. The lowest BCUT2D eigenvalue weighted by molar-refractivity contribution is -0.384. The van der Waals surface area contributed by atoms with Crippen molar-refractivity contribution in [2.24, 2.45) is 0 Å². The molecule has 0 aliphatic carbocycles. The fraction of sp³-hybridized carbons (Fsp3) is 0.350. The van der Waals surface area contributed by atoms with E-state index in [0.29, 0.717) is 44.0 Å². The zero-order valence-corrected chi connectivity index (χ0v) is 17.7. The van der Waals surface area contributed by atoms with E-state index in [9.17, 15) is 23.3 Å². The summed E-state index contributed by atoms with van der Waals surface area (Å²) in [6, 6.07) is 11.5. The van der Waals surface area contributed by atoms with Crippen molar-refractivity contribution in [3.63, 3.8) is 0 Å². The molecule has 2 aromatic rings. The molecule has 1 amide bonds. The van der Waals surface area contributed by atoms with Crippen LogP contribution >= 0.6 is 0 Å². The summed E-state index contributed by atoms with van der Waals surface area (Å²) in [6.45, 7) is 4.52. The third kappa shape index (κ3) is 5.41. The highest BCUT2D eigenvalue weighted by atomic mass is 32.2. The van der Waals surface area contributed by atoms with Gasteiger partial charge < -0.3 is 5.32 Å². The van der Waals surface area contributed by atoms with Gasteiger partial charge in [0.25, 0.3) is 11.6 Å². The first-order chi connectivity index (χ1) is 14.1. The molecular weight excluding hydrogens is 408 g/mol. The van der Waals surface area contributed by atoms with Gasteiger partial charge in [-0.05, 0) is 30.2 Å². The maximum atomic E-state index is 12.7. The van der Waals surface area contributed by atoms with Crippen molar-refractivity contribution in [1.29, 1.82) is 0 Å². The molecule has 1 heterocycles. The van der Waals surface area contributed by atoms with Crippen LogP contribution in [0.15, 0.2) is 42.5 Å². The second-order valence-electron chi connectivity index (χ2n) is 7.35. The summed E-state index contributed by atoms with van der Waals surface area (Å²) < 4.78 is 24.7. The molecule has 10 heteroatoms. The number of nitrogens with one attached hydrogen (secondary N) is 1. The van der Waals surface area contributed by atoms with Gasteiger partial charge in [0.1, 0.15) is 0 Å². The molecule has 3 rings (SSSR count). The standard InChI is InChI=1S/C20H24N4O5S/c1-15-6-7-18(24(26)27)13-19(15)21-20(25)17-5-3-4-16(12-17)14-22-8-10-23(11-9-22)30(2,28)29/h3-7,12-13H,8-11,14H2,1-2H3,(H,21,25). The zero-order valence-electron chi connectivity index (χ0n) is 16.9. The maximum absolute atomic E-state index is 12.7. The Kier molecular flexibility index (Phi) is 6.49. The Morgan fingerprint density at radius 3 is 2.47 bits per heavy atom. The fourth-order valence-electron chi connectivity index (χ4n) is 3.34. The monoisotopic (exact) mass is 432 g/mol. The number of nitro groups is 1. The Morgan fingerprint density at radius 1 is 1.13 bits per heavy atom. The third-order valence-corrected chi connectivity index (χ3v) is 6.38. The summed E-state index contributed by atoms with van der Waals surface area (Å²) >= 11 is 0. The Hall–Kier alpha value is -2.82. The smallest absolute Gasteiger partial charge is 0.271 e. The molecule has 0 bridgehead atoms. The summed E-state index contributed by atoms with van der Waals surface area (Å²) in [5.74, 6) is -0.345. The number of benzene rings is 2. The summed E-state index contributed by atoms with van der Waals surface area (Å²) in [4.78, 5) is 25.3. The number of carbonyl (C=O) groups is 1. The molecule has 1 aliphatic heterocycles. The number of nitrogens with zero attached hydrogens (tertiary/aromatic N) is 3. The highest BCUT2D eigenvalue weighted by Crippen LogP contribution is 2.22. The van der Waals surface area contributed by atoms with E-state index in [-0.39, 0.29) is 11.6 Å². The highest BCUT2D eigenvalue weighted by Gasteiger charge is 2.23. The van der Waals surface area contributed by atoms with Gasteiger partial charge in [0.15, 0.2) is 0 Å². The number of piperazine rings is 1. The first kappa shape index (κ1) is 21.9. The molecule has 0 aromatic heterocycles. The number of rotatable bonds is 6. The van der Waals surface area contributed by atoms with Crippen molar-refractivity contribution in [3.8, 4) is 0 Å². The lowest BCUT2D eigenvalue weighted by Crippen LogP contribution is -2.47. The van der Waals surface area contributed by atoms with E-state index in [2.05, 4.69) is 10.2 Å². The molecule has 2 aromatic carbocycles. The number of aryl methyl sites for hydroxylation is 1. The lowest BCUT2D eigenvalue weighted by Gasteiger charge is -2.33. The van der Waals surface area contributed by atoms with Crippen LogP contribution in [0, 0.1) is 17.0 Å². The SMILES string of the molecule is Cc1ccc([N+](=O)[O-])cc1NC(=O)c1cccc(CN2CCN(S(C)(=O)=O)CC2)c1. The maximum Gasteiger partial charge on any atom is 0.271 e. The van der Waals surface area contributed by atoms with Gasteiger partial charge >= 0.3 is 0 Å². The molecule has 1 N–H and O–H groups in total. The van der Waals surface area contributed by atoms with Gasteiger partial charge in [-0.1, -0.05) is 18.2 Å². The molecule has 0 radical (unpaired) electrons. The van der Waals surface area contributed by atoms with Crippen molar-refractivity contribution >= 4 is 27.3 Å². The van der Waals surface area contributed by atoms with Crippen LogP contribution in [0.25, 0.3) is 0 Å². The summed E-state index contributed by atoms with van der Waals surface area (Å²) in [5.41, 5.74) is 2.43. The van der Waals surface area contributed by atoms with E-state index in [1.807, 2.05) is 6.07 Å². The molecular formula is C20H24N4O5S. The average molecular weight is 433 g/mol. The van der Waals surface area contributed by atoms with Gasteiger partial charge in [0.05, 0.1) is 16.9 Å². The molecule has 0 atom stereocenters. The van der Waals surface area contributed by atoms with E-state index in [1.165, 1.54) is 22.7 Å². The Balaban J connectivity index is 1.66. The quantitative estimate of drug-likeness (QED) is 0.553. The normalized spacial score (nSPS) is 15.7. The number of hydrogen-bond acceptors (Lipinski definition) is 6. The molecule has 1 fully saturated rings. The van der Waals surface area contributed by atoms with Crippen LogP contribution in [0.2, 0.25) is 0 Å². The largest absolute Gasteiger partial charge is 0.321 e. The van der Waals surface area contributed by atoms with E-state index >= 15 is 0 Å². The second-order valence-corrected chi connectivity index (χ2v) is 9.33. The topological polar surface area (TPSA) is 113 Å². The van der Waals surface area contributed by atoms with E-state index in [0.717, 1.165) is 11.1 Å². The fourth-order valence-corrected chi connectivity index (χ4v) is 4.17. The Morgan fingerprint density at radius 2 is 1.83 bits per heavy atom. The van der Waals surface area contributed by atoms with E-state index in [1.54, 1.807) is 31.2 Å². The van der Waals surface area contributed by atoms with Gasteiger partial charge in [0, 0.05) is 50.4 Å². The molecule has 160 valence electrons. The van der Waals surface area contributed by atoms with Crippen LogP contribution in [0.5, 0.6) is 0 Å². The van der Waals surface area contributed by atoms with Crippen molar-refractivity contribution in [2.75, 3.05) is 37.8 Å². The predicted molar refractivity (Wildman–Crippen MR) is 114 cm³/mol. The minimum atomic E-state index is -3.17. The van der Waals surface area contributed by atoms with E-state index < -0.39 is 14.9 Å². The van der Waals surface area contributed by atoms with Crippen LogP contribution in [0.3, 0.4) is 0 Å². The molecule has 9 nitrogen and oxygen atoms in total. The minimum Gasteiger partial charge on any atom is -0.321 e. The molecule has 1 saturated heterocycles. The van der Waals surface area contributed by atoms with Crippen molar-refractivity contribution in [1.82, 2.24) is 9.21 Å². The lowest BCUT2D eigenvalue weighted by atomic mass is 10.1. The van der Waals surface area contributed by atoms with Crippen molar-refractivity contribution < 1.29 is 18.1 Å².